The average Bonchev–Trinajstić information content (AvgIpc) is 2.43. The fourth-order valence-electron chi connectivity index (χ4n) is 2.04. The number of pyridine rings is 1. The molecule has 0 amide bonds. The lowest BCUT2D eigenvalue weighted by atomic mass is 10.1. The summed E-state index contributed by atoms with van der Waals surface area (Å²) in [6, 6.07) is 4.52. The summed E-state index contributed by atoms with van der Waals surface area (Å²) in [6.07, 6.45) is 3.10. The first kappa shape index (κ1) is 15.0. The summed E-state index contributed by atoms with van der Waals surface area (Å²) in [5.41, 5.74) is 1.28. The zero-order valence-corrected chi connectivity index (χ0v) is 12.4. The van der Waals surface area contributed by atoms with E-state index in [-0.39, 0.29) is 0 Å². The van der Waals surface area contributed by atoms with Gasteiger partial charge in [0.15, 0.2) is 0 Å². The third-order valence-electron chi connectivity index (χ3n) is 3.63. The van der Waals surface area contributed by atoms with E-state index in [1.165, 1.54) is 12.0 Å². The third kappa shape index (κ3) is 3.70. The van der Waals surface area contributed by atoms with Crippen molar-refractivity contribution in [2.75, 3.05) is 25.0 Å². The van der Waals surface area contributed by atoms with Gasteiger partial charge in [-0.15, -0.1) is 0 Å². The summed E-state index contributed by atoms with van der Waals surface area (Å²) < 4.78 is 0. The molecule has 18 heavy (non-hydrogen) atoms. The Morgan fingerprint density at radius 2 is 2.06 bits per heavy atom. The Morgan fingerprint density at radius 3 is 2.61 bits per heavy atom. The Morgan fingerprint density at radius 1 is 1.33 bits per heavy atom. The zero-order chi connectivity index (χ0) is 13.5. The SMILES string of the molecule is CCC(C)CN(CC)c1ncccc1C(C)NC. The molecule has 3 nitrogen and oxygen atoms in total. The second kappa shape index (κ2) is 7.37. The van der Waals surface area contributed by atoms with Crippen LogP contribution in [0.25, 0.3) is 0 Å². The van der Waals surface area contributed by atoms with E-state index in [2.05, 4.69) is 49.0 Å². The lowest BCUT2D eigenvalue weighted by Crippen LogP contribution is -2.31. The number of rotatable bonds is 7. The Labute approximate surface area is 112 Å². The summed E-state index contributed by atoms with van der Waals surface area (Å²) in [5, 5.41) is 3.30. The molecule has 0 fully saturated rings. The average molecular weight is 249 g/mol. The summed E-state index contributed by atoms with van der Waals surface area (Å²) in [6.45, 7) is 11.0. The van der Waals surface area contributed by atoms with Crippen molar-refractivity contribution in [3.8, 4) is 0 Å². The van der Waals surface area contributed by atoms with Crippen LogP contribution in [-0.2, 0) is 0 Å². The summed E-state index contributed by atoms with van der Waals surface area (Å²) in [5.74, 6) is 1.83. The van der Waals surface area contributed by atoms with E-state index in [4.69, 9.17) is 0 Å². The van der Waals surface area contributed by atoms with Gasteiger partial charge in [0, 0.05) is 30.9 Å². The number of hydrogen-bond acceptors (Lipinski definition) is 3. The van der Waals surface area contributed by atoms with Crippen LogP contribution < -0.4 is 10.2 Å². The van der Waals surface area contributed by atoms with Crippen LogP contribution in [0.15, 0.2) is 18.3 Å². The Balaban J connectivity index is 2.97. The van der Waals surface area contributed by atoms with E-state index >= 15 is 0 Å². The van der Waals surface area contributed by atoms with Gasteiger partial charge in [-0.05, 0) is 32.9 Å². The van der Waals surface area contributed by atoms with E-state index in [0.717, 1.165) is 18.9 Å². The number of nitrogens with zero attached hydrogens (tertiary/aromatic N) is 2. The topological polar surface area (TPSA) is 28.2 Å². The summed E-state index contributed by atoms with van der Waals surface area (Å²) in [7, 11) is 1.99. The number of anilines is 1. The van der Waals surface area contributed by atoms with E-state index < -0.39 is 0 Å². The molecular weight excluding hydrogens is 222 g/mol. The molecule has 0 aliphatic heterocycles. The molecule has 0 aromatic carbocycles. The highest BCUT2D eigenvalue weighted by Crippen LogP contribution is 2.24. The molecule has 1 rings (SSSR count). The molecule has 1 N–H and O–H groups in total. The van der Waals surface area contributed by atoms with Crippen molar-refractivity contribution in [2.24, 2.45) is 5.92 Å². The van der Waals surface area contributed by atoms with Crippen LogP contribution in [0.2, 0.25) is 0 Å². The van der Waals surface area contributed by atoms with Gasteiger partial charge >= 0.3 is 0 Å². The summed E-state index contributed by atoms with van der Waals surface area (Å²) >= 11 is 0. The van der Waals surface area contributed by atoms with Gasteiger partial charge < -0.3 is 10.2 Å². The first-order valence-electron chi connectivity index (χ1n) is 7.01. The monoisotopic (exact) mass is 249 g/mol. The Kier molecular flexibility index (Phi) is 6.13. The minimum atomic E-state index is 0.333. The minimum Gasteiger partial charge on any atom is -0.356 e. The van der Waals surface area contributed by atoms with Crippen LogP contribution in [-0.4, -0.2) is 25.1 Å². The predicted molar refractivity (Wildman–Crippen MR) is 79.1 cm³/mol. The molecule has 0 bridgehead atoms. The van der Waals surface area contributed by atoms with Gasteiger partial charge in [0.1, 0.15) is 5.82 Å². The Bertz CT molecular complexity index is 351. The van der Waals surface area contributed by atoms with E-state index in [1.54, 1.807) is 0 Å². The van der Waals surface area contributed by atoms with Gasteiger partial charge in [0.25, 0.3) is 0 Å². The van der Waals surface area contributed by atoms with Gasteiger partial charge in [-0.3, -0.25) is 0 Å². The molecule has 0 radical (unpaired) electrons. The van der Waals surface area contributed by atoms with Crippen molar-refractivity contribution in [1.29, 1.82) is 0 Å². The van der Waals surface area contributed by atoms with Crippen molar-refractivity contribution in [1.82, 2.24) is 10.3 Å². The van der Waals surface area contributed by atoms with Gasteiger partial charge in [-0.25, -0.2) is 4.98 Å². The second-order valence-corrected chi connectivity index (χ2v) is 4.98. The first-order chi connectivity index (χ1) is 8.63. The quantitative estimate of drug-likeness (QED) is 0.804. The molecule has 1 heterocycles. The molecule has 102 valence electrons. The van der Waals surface area contributed by atoms with Gasteiger partial charge in [0.05, 0.1) is 0 Å². The van der Waals surface area contributed by atoms with Crippen molar-refractivity contribution in [3.05, 3.63) is 23.9 Å². The van der Waals surface area contributed by atoms with E-state index in [0.29, 0.717) is 12.0 Å². The predicted octanol–water partition coefficient (Wildman–Crippen LogP) is 3.23. The molecule has 0 saturated carbocycles. The molecule has 0 saturated heterocycles. The van der Waals surface area contributed by atoms with Gasteiger partial charge in [-0.2, -0.15) is 0 Å². The number of hydrogen-bond donors (Lipinski definition) is 1. The molecule has 1 aromatic heterocycles. The minimum absolute atomic E-state index is 0.333. The summed E-state index contributed by atoms with van der Waals surface area (Å²) in [4.78, 5) is 6.98. The maximum absolute atomic E-state index is 4.59. The van der Waals surface area contributed by atoms with Crippen LogP contribution in [0.3, 0.4) is 0 Å². The lowest BCUT2D eigenvalue weighted by Gasteiger charge is -2.28. The van der Waals surface area contributed by atoms with Crippen LogP contribution >= 0.6 is 0 Å². The van der Waals surface area contributed by atoms with Gasteiger partial charge in [0.2, 0.25) is 0 Å². The highest BCUT2D eigenvalue weighted by atomic mass is 15.2. The zero-order valence-electron chi connectivity index (χ0n) is 12.4. The Hall–Kier alpha value is -1.09. The smallest absolute Gasteiger partial charge is 0.133 e. The number of nitrogens with one attached hydrogen (secondary N) is 1. The third-order valence-corrected chi connectivity index (χ3v) is 3.63. The van der Waals surface area contributed by atoms with Crippen LogP contribution in [0.4, 0.5) is 5.82 Å². The molecule has 0 aliphatic carbocycles. The lowest BCUT2D eigenvalue weighted by molar-refractivity contribution is 0.541. The normalized spacial score (nSPS) is 14.3. The molecule has 1 aromatic rings. The highest BCUT2D eigenvalue weighted by molar-refractivity contribution is 5.48. The van der Waals surface area contributed by atoms with Gasteiger partial charge in [-0.1, -0.05) is 26.3 Å². The van der Waals surface area contributed by atoms with Crippen molar-refractivity contribution in [2.45, 2.75) is 40.2 Å². The van der Waals surface area contributed by atoms with Crippen molar-refractivity contribution in [3.63, 3.8) is 0 Å². The molecule has 2 atom stereocenters. The number of aromatic nitrogens is 1. The fraction of sp³-hybridized carbons (Fsp3) is 0.667. The van der Waals surface area contributed by atoms with E-state index in [9.17, 15) is 0 Å². The molecule has 3 heteroatoms. The standard InChI is InChI=1S/C15H27N3/c1-6-12(3)11-18(7-2)15-14(13(4)16-5)9-8-10-17-15/h8-10,12-13,16H,6-7,11H2,1-5H3. The first-order valence-corrected chi connectivity index (χ1v) is 7.01. The highest BCUT2D eigenvalue weighted by Gasteiger charge is 2.16. The van der Waals surface area contributed by atoms with Crippen molar-refractivity contribution < 1.29 is 0 Å². The molecule has 2 unspecified atom stereocenters. The van der Waals surface area contributed by atoms with Crippen LogP contribution in [0.5, 0.6) is 0 Å². The van der Waals surface area contributed by atoms with Crippen LogP contribution in [0, 0.1) is 5.92 Å². The maximum atomic E-state index is 4.59. The van der Waals surface area contributed by atoms with E-state index in [1.807, 2.05) is 19.3 Å². The maximum Gasteiger partial charge on any atom is 0.133 e. The molecule has 0 spiro atoms. The second-order valence-electron chi connectivity index (χ2n) is 4.98. The molecular formula is C15H27N3. The fourth-order valence-corrected chi connectivity index (χ4v) is 2.04. The van der Waals surface area contributed by atoms with Crippen molar-refractivity contribution >= 4 is 5.82 Å². The van der Waals surface area contributed by atoms with Crippen LogP contribution in [0.1, 0.15) is 45.7 Å². The largest absolute Gasteiger partial charge is 0.356 e. The molecule has 0 aliphatic rings.